The van der Waals surface area contributed by atoms with Gasteiger partial charge in [-0.15, -0.1) is 0 Å². The summed E-state index contributed by atoms with van der Waals surface area (Å²) < 4.78 is 10.6. The normalized spacial score (nSPS) is 10.7. The van der Waals surface area contributed by atoms with Crippen molar-refractivity contribution in [2.45, 2.75) is 39.0 Å². The van der Waals surface area contributed by atoms with Gasteiger partial charge in [-0.3, -0.25) is 4.79 Å². The van der Waals surface area contributed by atoms with Crippen molar-refractivity contribution in [3.05, 3.63) is 0 Å². The van der Waals surface area contributed by atoms with Gasteiger partial charge in [-0.05, 0) is 6.42 Å². The summed E-state index contributed by atoms with van der Waals surface area (Å²) in [5, 5.41) is 2.96. The van der Waals surface area contributed by atoms with Crippen LogP contribution in [0.3, 0.4) is 0 Å². The summed E-state index contributed by atoms with van der Waals surface area (Å²) >= 11 is 5.32. The van der Waals surface area contributed by atoms with Crippen LogP contribution in [0.5, 0.6) is 0 Å². The number of thiol groups is 1. The van der Waals surface area contributed by atoms with Gasteiger partial charge >= 0.3 is 0 Å². The average Bonchev–Trinajstić information content (AvgIpc) is 2.45. The zero-order chi connectivity index (χ0) is 14.9. The van der Waals surface area contributed by atoms with Crippen molar-refractivity contribution in [2.24, 2.45) is 0 Å². The average molecular weight is 324 g/mol. The summed E-state index contributed by atoms with van der Waals surface area (Å²) in [5.41, 5.74) is 0. The standard InChI is InChI=1S/C14H29NO3S2/c1-2-3-4-5-6-7-15-14(16)20-13-11-18-9-8-17-10-12-19/h19H,2-13H2,1H3,(H,15,16). The molecule has 0 fully saturated rings. The summed E-state index contributed by atoms with van der Waals surface area (Å²) in [4.78, 5) is 11.5. The summed E-state index contributed by atoms with van der Waals surface area (Å²) in [7, 11) is 0. The predicted molar refractivity (Wildman–Crippen MR) is 90.1 cm³/mol. The molecule has 0 bridgehead atoms. The van der Waals surface area contributed by atoms with Gasteiger partial charge in [-0.25, -0.2) is 0 Å². The van der Waals surface area contributed by atoms with E-state index in [1.54, 1.807) is 0 Å². The van der Waals surface area contributed by atoms with Gasteiger partial charge in [-0.2, -0.15) is 12.6 Å². The number of carbonyl (C=O) groups excluding carboxylic acids is 1. The number of unbranched alkanes of at least 4 members (excludes halogenated alkanes) is 4. The second kappa shape index (κ2) is 17.1. The Morgan fingerprint density at radius 1 is 1.05 bits per heavy atom. The zero-order valence-corrected chi connectivity index (χ0v) is 14.3. The number of ether oxygens (including phenoxy) is 2. The van der Waals surface area contributed by atoms with Crippen molar-refractivity contribution in [1.29, 1.82) is 0 Å². The number of hydrogen-bond donors (Lipinski definition) is 2. The highest BCUT2D eigenvalue weighted by Gasteiger charge is 2.00. The molecule has 120 valence electrons. The van der Waals surface area contributed by atoms with Crippen molar-refractivity contribution in [1.82, 2.24) is 5.32 Å². The van der Waals surface area contributed by atoms with E-state index in [1.807, 2.05) is 0 Å². The third-order valence-electron chi connectivity index (χ3n) is 2.62. The summed E-state index contributed by atoms with van der Waals surface area (Å²) in [6.45, 7) is 5.39. The lowest BCUT2D eigenvalue weighted by molar-refractivity contribution is 0.0606. The number of thioether (sulfide) groups is 1. The Hall–Kier alpha value is 0.0900. The number of rotatable bonds is 14. The molecule has 0 saturated heterocycles. The van der Waals surface area contributed by atoms with Gasteiger partial charge < -0.3 is 14.8 Å². The maximum absolute atomic E-state index is 11.5. The van der Waals surface area contributed by atoms with Crippen LogP contribution in [0.15, 0.2) is 0 Å². The molecule has 0 aromatic rings. The number of amides is 1. The van der Waals surface area contributed by atoms with Gasteiger partial charge in [0.1, 0.15) is 0 Å². The first-order valence-corrected chi connectivity index (χ1v) is 9.10. The van der Waals surface area contributed by atoms with Crippen molar-refractivity contribution >= 4 is 29.6 Å². The van der Waals surface area contributed by atoms with Crippen LogP contribution in [-0.2, 0) is 9.47 Å². The Bertz CT molecular complexity index is 219. The van der Waals surface area contributed by atoms with Gasteiger partial charge in [0.2, 0.25) is 0 Å². The molecule has 0 saturated carbocycles. The van der Waals surface area contributed by atoms with Gasteiger partial charge in [0.25, 0.3) is 5.24 Å². The molecule has 0 aromatic heterocycles. The highest BCUT2D eigenvalue weighted by molar-refractivity contribution is 8.13. The van der Waals surface area contributed by atoms with E-state index < -0.39 is 0 Å². The molecule has 20 heavy (non-hydrogen) atoms. The molecule has 0 atom stereocenters. The van der Waals surface area contributed by atoms with Crippen LogP contribution in [-0.4, -0.2) is 49.7 Å². The van der Waals surface area contributed by atoms with Gasteiger partial charge in [0.05, 0.1) is 26.4 Å². The van der Waals surface area contributed by atoms with Crippen LogP contribution in [0.1, 0.15) is 39.0 Å². The topological polar surface area (TPSA) is 47.6 Å². The Kier molecular flexibility index (Phi) is 17.2. The third-order valence-corrected chi connectivity index (χ3v) is 3.58. The van der Waals surface area contributed by atoms with Gasteiger partial charge in [0.15, 0.2) is 0 Å². The Balaban J connectivity index is 3.12. The van der Waals surface area contributed by atoms with Crippen molar-refractivity contribution in [3.63, 3.8) is 0 Å². The quantitative estimate of drug-likeness (QED) is 0.380. The van der Waals surface area contributed by atoms with Crippen LogP contribution in [0.4, 0.5) is 4.79 Å². The summed E-state index contributed by atoms with van der Waals surface area (Å²) in [5.74, 6) is 1.42. The zero-order valence-electron chi connectivity index (χ0n) is 12.6. The highest BCUT2D eigenvalue weighted by atomic mass is 32.2. The van der Waals surface area contributed by atoms with E-state index in [9.17, 15) is 4.79 Å². The summed E-state index contributed by atoms with van der Waals surface area (Å²) in [6.07, 6.45) is 6.09. The first-order valence-electron chi connectivity index (χ1n) is 7.48. The van der Waals surface area contributed by atoms with Crippen LogP contribution < -0.4 is 5.32 Å². The molecule has 0 rings (SSSR count). The molecule has 0 aliphatic heterocycles. The monoisotopic (exact) mass is 323 g/mol. The Morgan fingerprint density at radius 3 is 2.45 bits per heavy atom. The van der Waals surface area contributed by atoms with Crippen LogP contribution in [0.2, 0.25) is 0 Å². The molecule has 0 radical (unpaired) electrons. The SMILES string of the molecule is CCCCCCCNC(=O)SCCOCCOCCS. The lowest BCUT2D eigenvalue weighted by atomic mass is 10.1. The molecule has 4 nitrogen and oxygen atoms in total. The maximum atomic E-state index is 11.5. The minimum absolute atomic E-state index is 0.0513. The smallest absolute Gasteiger partial charge is 0.279 e. The Labute approximate surface area is 133 Å². The number of carbonyl (C=O) groups is 1. The fraction of sp³-hybridized carbons (Fsp3) is 0.929. The second-order valence-corrected chi connectivity index (χ2v) is 5.94. The molecule has 0 spiro atoms. The van der Waals surface area contributed by atoms with E-state index in [2.05, 4.69) is 24.9 Å². The first-order chi connectivity index (χ1) is 9.81. The van der Waals surface area contributed by atoms with E-state index in [0.29, 0.717) is 32.2 Å². The van der Waals surface area contributed by atoms with E-state index in [4.69, 9.17) is 9.47 Å². The van der Waals surface area contributed by atoms with E-state index in [1.165, 1.54) is 37.4 Å². The largest absolute Gasteiger partial charge is 0.378 e. The van der Waals surface area contributed by atoms with Gasteiger partial charge in [0, 0.05) is 18.1 Å². The van der Waals surface area contributed by atoms with Crippen LogP contribution >= 0.6 is 24.4 Å². The van der Waals surface area contributed by atoms with Gasteiger partial charge in [-0.1, -0.05) is 44.4 Å². The molecular formula is C14H29NO3S2. The van der Waals surface area contributed by atoms with Crippen LogP contribution in [0, 0.1) is 0 Å². The minimum Gasteiger partial charge on any atom is -0.378 e. The number of hydrogen-bond acceptors (Lipinski definition) is 5. The van der Waals surface area contributed by atoms with E-state index >= 15 is 0 Å². The fourth-order valence-corrected chi connectivity index (χ4v) is 2.27. The highest BCUT2D eigenvalue weighted by Crippen LogP contribution is 2.03. The molecule has 0 aliphatic rings. The molecule has 1 amide bonds. The molecule has 0 aromatic carbocycles. The fourth-order valence-electron chi connectivity index (χ4n) is 1.55. The minimum atomic E-state index is 0.0513. The Morgan fingerprint density at radius 2 is 1.75 bits per heavy atom. The van der Waals surface area contributed by atoms with Crippen molar-refractivity contribution < 1.29 is 14.3 Å². The van der Waals surface area contributed by atoms with E-state index in [-0.39, 0.29) is 5.24 Å². The first kappa shape index (κ1) is 20.1. The molecule has 1 N–H and O–H groups in total. The summed E-state index contributed by atoms with van der Waals surface area (Å²) in [6, 6.07) is 0. The van der Waals surface area contributed by atoms with E-state index in [0.717, 1.165) is 18.7 Å². The van der Waals surface area contributed by atoms with Crippen molar-refractivity contribution in [2.75, 3.05) is 44.5 Å². The maximum Gasteiger partial charge on any atom is 0.279 e. The molecule has 0 heterocycles. The molecular weight excluding hydrogens is 294 g/mol. The predicted octanol–water partition coefficient (Wildman–Crippen LogP) is 3.36. The second-order valence-electron chi connectivity index (χ2n) is 4.43. The van der Waals surface area contributed by atoms with Crippen LogP contribution in [0.25, 0.3) is 0 Å². The lowest BCUT2D eigenvalue weighted by Gasteiger charge is -2.06. The number of nitrogens with one attached hydrogen (secondary N) is 1. The molecule has 0 aliphatic carbocycles. The molecule has 0 unspecified atom stereocenters. The third kappa shape index (κ3) is 16.1. The molecule has 6 heteroatoms. The van der Waals surface area contributed by atoms with Crippen molar-refractivity contribution in [3.8, 4) is 0 Å². The lowest BCUT2D eigenvalue weighted by Crippen LogP contribution is -2.20.